The van der Waals surface area contributed by atoms with Crippen molar-refractivity contribution in [1.82, 2.24) is 0 Å². The Morgan fingerprint density at radius 3 is 2.24 bits per heavy atom. The van der Waals surface area contributed by atoms with E-state index in [4.69, 9.17) is 4.43 Å². The van der Waals surface area contributed by atoms with E-state index >= 15 is 0 Å². The highest BCUT2D eigenvalue weighted by molar-refractivity contribution is 6.13. The van der Waals surface area contributed by atoms with Gasteiger partial charge in [0.15, 0.2) is 0 Å². The van der Waals surface area contributed by atoms with Gasteiger partial charge in [-0.25, -0.2) is 0 Å². The fourth-order valence-corrected chi connectivity index (χ4v) is 3.23. The number of benzene rings is 4. The molecule has 3 radical (unpaired) electrons. The van der Waals surface area contributed by atoms with Crippen molar-refractivity contribution in [2.45, 2.75) is 6.61 Å². The van der Waals surface area contributed by atoms with Crippen LogP contribution in [0.2, 0.25) is 0 Å². The van der Waals surface area contributed by atoms with E-state index in [0.717, 1.165) is 0 Å². The molecule has 0 atom stereocenters. The van der Waals surface area contributed by atoms with Gasteiger partial charge >= 0.3 is 0 Å². The van der Waals surface area contributed by atoms with Crippen molar-refractivity contribution in [3.05, 3.63) is 72.3 Å². The summed E-state index contributed by atoms with van der Waals surface area (Å²) in [6.07, 6.45) is 0. The van der Waals surface area contributed by atoms with Gasteiger partial charge < -0.3 is 4.43 Å². The summed E-state index contributed by atoms with van der Waals surface area (Å²) < 4.78 is 5.18. The predicted molar refractivity (Wildman–Crippen MR) is 89.5 cm³/mol. The Morgan fingerprint density at radius 2 is 1.43 bits per heavy atom. The van der Waals surface area contributed by atoms with E-state index in [0.29, 0.717) is 6.61 Å². The van der Waals surface area contributed by atoms with E-state index in [1.807, 2.05) is 0 Å². The van der Waals surface area contributed by atoms with Crippen LogP contribution < -0.4 is 0 Å². The standard InChI is InChI=1S/C19H13OSi/c21-20-12-17-7-3-6-13-8-9-16-10-14-4-1-2-5-15(14)11-18(16)19(13)17/h1-11H,12H2. The van der Waals surface area contributed by atoms with Crippen LogP contribution in [0.25, 0.3) is 32.3 Å². The van der Waals surface area contributed by atoms with E-state index in [1.54, 1.807) is 0 Å². The summed E-state index contributed by atoms with van der Waals surface area (Å²) in [6.45, 7) is 0.556. The van der Waals surface area contributed by atoms with Crippen LogP contribution in [0.15, 0.2) is 66.7 Å². The average Bonchev–Trinajstić information content (AvgIpc) is 2.53. The smallest absolute Gasteiger partial charge is 0.246 e. The monoisotopic (exact) mass is 285 g/mol. The van der Waals surface area contributed by atoms with E-state index in [-0.39, 0.29) is 0 Å². The topological polar surface area (TPSA) is 9.23 Å². The summed E-state index contributed by atoms with van der Waals surface area (Å²) in [4.78, 5) is 0. The zero-order valence-corrected chi connectivity index (χ0v) is 12.5. The van der Waals surface area contributed by atoms with Crippen LogP contribution in [-0.2, 0) is 11.0 Å². The highest BCUT2D eigenvalue weighted by Crippen LogP contribution is 2.31. The molecule has 4 aromatic rings. The molecule has 0 N–H and O–H groups in total. The minimum Gasteiger partial charge on any atom is -0.414 e. The normalized spacial score (nSPS) is 11.5. The number of rotatable bonds is 2. The first kappa shape index (κ1) is 12.6. The SMILES string of the molecule is [Si]OCc1cccc2ccc3cc4ccccc4cc3c12. The van der Waals surface area contributed by atoms with Gasteiger partial charge in [-0.15, -0.1) is 0 Å². The van der Waals surface area contributed by atoms with Crippen molar-refractivity contribution < 1.29 is 4.43 Å². The maximum atomic E-state index is 5.18. The van der Waals surface area contributed by atoms with Gasteiger partial charge in [-0.05, 0) is 50.0 Å². The van der Waals surface area contributed by atoms with Gasteiger partial charge in [0.2, 0.25) is 10.5 Å². The highest BCUT2D eigenvalue weighted by Gasteiger charge is 2.06. The molecular formula is C19H13OSi. The Hall–Kier alpha value is -2.16. The van der Waals surface area contributed by atoms with Crippen molar-refractivity contribution in [2.75, 3.05) is 0 Å². The number of hydrogen-bond acceptors (Lipinski definition) is 1. The molecule has 0 spiro atoms. The summed E-state index contributed by atoms with van der Waals surface area (Å²) >= 11 is 0. The minimum atomic E-state index is 0.556. The fourth-order valence-electron chi connectivity index (χ4n) is 3.08. The third-order valence-corrected chi connectivity index (χ3v) is 4.18. The molecule has 99 valence electrons. The van der Waals surface area contributed by atoms with Crippen molar-refractivity contribution >= 4 is 42.8 Å². The molecule has 4 aromatic carbocycles. The molecule has 0 aliphatic rings. The Labute approximate surface area is 126 Å². The van der Waals surface area contributed by atoms with Crippen LogP contribution in [-0.4, -0.2) is 10.5 Å². The molecule has 0 aliphatic carbocycles. The van der Waals surface area contributed by atoms with Gasteiger partial charge in [-0.3, -0.25) is 0 Å². The molecule has 0 unspecified atom stereocenters. The van der Waals surface area contributed by atoms with Gasteiger partial charge in [0.1, 0.15) is 0 Å². The van der Waals surface area contributed by atoms with Crippen LogP contribution in [0.4, 0.5) is 0 Å². The van der Waals surface area contributed by atoms with Crippen molar-refractivity contribution in [1.29, 1.82) is 0 Å². The third-order valence-electron chi connectivity index (χ3n) is 4.04. The molecule has 0 heterocycles. The second-order valence-corrected chi connectivity index (χ2v) is 5.58. The Balaban J connectivity index is 2.18. The lowest BCUT2D eigenvalue weighted by Gasteiger charge is -2.10. The average molecular weight is 285 g/mol. The maximum absolute atomic E-state index is 5.18. The molecule has 0 bridgehead atoms. The van der Waals surface area contributed by atoms with Gasteiger partial charge in [-0.1, -0.05) is 54.6 Å². The first-order valence-corrected chi connectivity index (χ1v) is 7.39. The molecule has 1 nitrogen and oxygen atoms in total. The molecule has 4 rings (SSSR count). The van der Waals surface area contributed by atoms with Crippen molar-refractivity contribution in [3.63, 3.8) is 0 Å². The lowest BCUT2D eigenvalue weighted by atomic mass is 9.95. The second kappa shape index (κ2) is 4.99. The quantitative estimate of drug-likeness (QED) is 0.293. The Kier molecular flexibility index (Phi) is 2.99. The van der Waals surface area contributed by atoms with Crippen molar-refractivity contribution in [3.8, 4) is 0 Å². The zero-order chi connectivity index (χ0) is 14.2. The van der Waals surface area contributed by atoms with Crippen LogP contribution in [0, 0.1) is 0 Å². The molecule has 2 heteroatoms. The summed E-state index contributed by atoms with van der Waals surface area (Å²) in [6, 6.07) is 23.8. The van der Waals surface area contributed by atoms with Gasteiger partial charge in [0, 0.05) is 0 Å². The Morgan fingerprint density at radius 1 is 0.714 bits per heavy atom. The summed E-state index contributed by atoms with van der Waals surface area (Å²) in [5.74, 6) is 0. The third kappa shape index (κ3) is 2.04. The van der Waals surface area contributed by atoms with E-state index < -0.39 is 0 Å². The zero-order valence-electron chi connectivity index (χ0n) is 11.5. The molecule has 0 saturated heterocycles. The molecule has 0 aliphatic heterocycles. The largest absolute Gasteiger partial charge is 0.414 e. The fraction of sp³-hybridized carbons (Fsp3) is 0.0526. The van der Waals surface area contributed by atoms with E-state index in [9.17, 15) is 0 Å². The van der Waals surface area contributed by atoms with Crippen molar-refractivity contribution in [2.24, 2.45) is 0 Å². The summed E-state index contributed by atoms with van der Waals surface area (Å²) in [5, 5.41) is 7.62. The number of hydrogen-bond donors (Lipinski definition) is 0. The van der Waals surface area contributed by atoms with Gasteiger partial charge in [0.25, 0.3) is 0 Å². The first-order valence-electron chi connectivity index (χ1n) is 6.98. The molecule has 0 saturated carbocycles. The van der Waals surface area contributed by atoms with Crippen LogP contribution in [0.5, 0.6) is 0 Å². The summed E-state index contributed by atoms with van der Waals surface area (Å²) in [7, 11) is 3.12. The lowest BCUT2D eigenvalue weighted by Crippen LogP contribution is -1.91. The molecule has 0 aromatic heterocycles. The summed E-state index contributed by atoms with van der Waals surface area (Å²) in [5.41, 5.74) is 1.20. The highest BCUT2D eigenvalue weighted by atomic mass is 28.2. The van der Waals surface area contributed by atoms with Crippen LogP contribution >= 0.6 is 0 Å². The minimum absolute atomic E-state index is 0.556. The molecule has 21 heavy (non-hydrogen) atoms. The van der Waals surface area contributed by atoms with Gasteiger partial charge in [0.05, 0.1) is 6.61 Å². The predicted octanol–water partition coefficient (Wildman–Crippen LogP) is 4.75. The van der Waals surface area contributed by atoms with E-state index in [2.05, 4.69) is 77.2 Å². The number of fused-ring (bicyclic) bond motifs is 4. The first-order chi connectivity index (χ1) is 10.4. The second-order valence-electron chi connectivity index (χ2n) is 5.29. The van der Waals surface area contributed by atoms with Crippen LogP contribution in [0.3, 0.4) is 0 Å². The maximum Gasteiger partial charge on any atom is 0.246 e. The van der Waals surface area contributed by atoms with Crippen LogP contribution in [0.1, 0.15) is 5.56 Å². The molecule has 0 fully saturated rings. The Bertz CT molecular complexity index is 959. The molecule has 0 amide bonds. The molecular weight excluding hydrogens is 272 g/mol. The lowest BCUT2D eigenvalue weighted by molar-refractivity contribution is 0.340. The van der Waals surface area contributed by atoms with Gasteiger partial charge in [-0.2, -0.15) is 0 Å². The van der Waals surface area contributed by atoms with E-state index in [1.165, 1.54) is 37.9 Å².